The molecule has 0 bridgehead atoms. The predicted molar refractivity (Wildman–Crippen MR) is 153 cm³/mol. The first-order chi connectivity index (χ1) is 19.0. The fourth-order valence-electron chi connectivity index (χ4n) is 4.68. The second-order valence-electron chi connectivity index (χ2n) is 9.27. The summed E-state index contributed by atoms with van der Waals surface area (Å²) in [5, 5.41) is 3.87. The highest BCUT2D eigenvalue weighted by Gasteiger charge is 2.29. The molecular formula is C30H30N4O4S. The Balaban J connectivity index is 1.28. The Morgan fingerprint density at radius 3 is 2.79 bits per heavy atom. The molecular weight excluding hydrogens is 512 g/mol. The number of benzene rings is 3. The van der Waals surface area contributed by atoms with Gasteiger partial charge in [-0.1, -0.05) is 36.4 Å². The number of nitrogens with zero attached hydrogens (tertiary/aromatic N) is 1. The van der Waals surface area contributed by atoms with Crippen molar-refractivity contribution >= 4 is 44.1 Å². The molecule has 2 unspecified atom stereocenters. The number of aromatic amines is 1. The van der Waals surface area contributed by atoms with Crippen molar-refractivity contribution in [3.63, 3.8) is 0 Å². The molecule has 2 aromatic heterocycles. The Morgan fingerprint density at radius 1 is 1.10 bits per heavy atom. The van der Waals surface area contributed by atoms with Crippen molar-refractivity contribution < 1.29 is 19.1 Å². The van der Waals surface area contributed by atoms with E-state index in [0.717, 1.165) is 38.0 Å². The fraction of sp³-hybridized carbons (Fsp3) is 0.233. The maximum Gasteiger partial charge on any atom is 0.220 e. The maximum absolute atomic E-state index is 13.5. The third-order valence-electron chi connectivity index (χ3n) is 6.84. The number of ether oxygens (including phenoxy) is 2. The number of H-pyrrole nitrogens is 1. The van der Waals surface area contributed by atoms with E-state index in [1.807, 2.05) is 66.9 Å². The Kier molecular flexibility index (Phi) is 8.19. The summed E-state index contributed by atoms with van der Waals surface area (Å²) in [5.41, 5.74) is 12.1. The highest BCUT2D eigenvalue weighted by atomic mass is 32.1. The number of aryl methyl sites for hydroxylation is 1. The van der Waals surface area contributed by atoms with Crippen LogP contribution in [0.15, 0.2) is 78.4 Å². The third kappa shape index (κ3) is 6.10. The molecule has 5 rings (SSSR count). The number of ketones is 1. The lowest BCUT2D eigenvalue weighted by Crippen LogP contribution is -2.40. The van der Waals surface area contributed by atoms with Crippen molar-refractivity contribution in [2.24, 2.45) is 11.7 Å². The monoisotopic (exact) mass is 542 g/mol. The molecule has 0 aliphatic heterocycles. The summed E-state index contributed by atoms with van der Waals surface area (Å²) in [4.78, 5) is 33.8. The van der Waals surface area contributed by atoms with Gasteiger partial charge in [0.05, 0.1) is 28.8 Å². The van der Waals surface area contributed by atoms with Gasteiger partial charge in [0.25, 0.3) is 0 Å². The van der Waals surface area contributed by atoms with Gasteiger partial charge in [-0.15, -0.1) is 11.3 Å². The van der Waals surface area contributed by atoms with E-state index < -0.39 is 12.0 Å². The largest absolute Gasteiger partial charge is 0.496 e. The first kappa shape index (κ1) is 26.4. The van der Waals surface area contributed by atoms with Gasteiger partial charge in [0.2, 0.25) is 5.91 Å². The number of aromatic nitrogens is 2. The van der Waals surface area contributed by atoms with E-state index in [1.54, 1.807) is 18.7 Å². The van der Waals surface area contributed by atoms with E-state index in [4.69, 9.17) is 15.2 Å². The van der Waals surface area contributed by atoms with Gasteiger partial charge < -0.3 is 25.5 Å². The molecule has 200 valence electrons. The molecule has 0 aliphatic carbocycles. The number of nitrogens with two attached hydrogens (primary N) is 1. The summed E-state index contributed by atoms with van der Waals surface area (Å²) >= 11 is 1.51. The zero-order valence-corrected chi connectivity index (χ0v) is 22.4. The van der Waals surface area contributed by atoms with E-state index in [0.29, 0.717) is 12.2 Å². The second kappa shape index (κ2) is 12.1. The van der Waals surface area contributed by atoms with Crippen LogP contribution in [0.25, 0.3) is 21.1 Å². The molecule has 0 radical (unpaired) electrons. The van der Waals surface area contributed by atoms with E-state index in [9.17, 15) is 9.59 Å². The Labute approximate surface area is 230 Å². The molecule has 2 heterocycles. The van der Waals surface area contributed by atoms with Crippen molar-refractivity contribution in [2.45, 2.75) is 18.9 Å². The summed E-state index contributed by atoms with van der Waals surface area (Å²) < 4.78 is 12.2. The van der Waals surface area contributed by atoms with E-state index in [2.05, 4.69) is 15.3 Å². The van der Waals surface area contributed by atoms with Crippen LogP contribution in [0.3, 0.4) is 0 Å². The highest BCUT2D eigenvalue weighted by Crippen LogP contribution is 2.29. The molecule has 0 aliphatic rings. The minimum atomic E-state index is -0.688. The number of hydrogen-bond acceptors (Lipinski definition) is 7. The molecule has 8 nitrogen and oxygen atoms in total. The number of methoxy groups -OCH3 is 1. The van der Waals surface area contributed by atoms with Crippen LogP contribution in [0.4, 0.5) is 0 Å². The summed E-state index contributed by atoms with van der Waals surface area (Å²) in [6.07, 6.45) is 2.61. The smallest absolute Gasteiger partial charge is 0.220 e. The number of fused-ring (bicyclic) bond motifs is 2. The van der Waals surface area contributed by atoms with Crippen LogP contribution in [-0.2, 0) is 16.0 Å². The Bertz CT molecular complexity index is 1590. The highest BCUT2D eigenvalue weighted by molar-refractivity contribution is 7.16. The summed E-state index contributed by atoms with van der Waals surface area (Å²) in [6.45, 7) is -0.0659. The zero-order valence-electron chi connectivity index (χ0n) is 21.6. The lowest BCUT2D eigenvalue weighted by atomic mass is 9.90. The topological polar surface area (TPSA) is 119 Å². The molecule has 3 aromatic carbocycles. The number of carbonyl (C=O) groups excluding carboxylic acids is 2. The zero-order chi connectivity index (χ0) is 27.2. The van der Waals surface area contributed by atoms with Gasteiger partial charge in [-0.2, -0.15) is 0 Å². The Morgan fingerprint density at radius 2 is 1.92 bits per heavy atom. The summed E-state index contributed by atoms with van der Waals surface area (Å²) in [5.74, 6) is 0.281. The van der Waals surface area contributed by atoms with Gasteiger partial charge in [0.15, 0.2) is 5.78 Å². The molecule has 9 heteroatoms. The van der Waals surface area contributed by atoms with E-state index >= 15 is 0 Å². The third-order valence-corrected chi connectivity index (χ3v) is 7.64. The van der Waals surface area contributed by atoms with E-state index in [-0.39, 0.29) is 31.3 Å². The first-order valence-corrected chi connectivity index (χ1v) is 13.6. The number of Topliss-reactive ketones (excluding diaryl/α,β-unsaturated/α-hetero) is 1. The number of para-hydroxylation sites is 2. The SMILES string of the molecule is COc1ccccc1CCC(=O)NCC(C(=O)COc1ccc2ncsc2c1)C(N)c1c[nH]c2ccccc12. The second-order valence-corrected chi connectivity index (χ2v) is 10.2. The summed E-state index contributed by atoms with van der Waals surface area (Å²) in [7, 11) is 1.61. The van der Waals surface area contributed by atoms with Crippen LogP contribution in [0, 0.1) is 5.92 Å². The van der Waals surface area contributed by atoms with Crippen molar-refractivity contribution in [3.05, 3.63) is 89.6 Å². The number of nitrogens with one attached hydrogen (secondary N) is 2. The van der Waals surface area contributed by atoms with Crippen LogP contribution in [-0.4, -0.2) is 41.9 Å². The molecule has 4 N–H and O–H groups in total. The number of carbonyl (C=O) groups is 2. The van der Waals surface area contributed by atoms with Crippen LogP contribution in [0.5, 0.6) is 11.5 Å². The number of rotatable bonds is 12. The predicted octanol–water partition coefficient (Wildman–Crippen LogP) is 4.80. The molecule has 1 amide bonds. The molecule has 39 heavy (non-hydrogen) atoms. The number of thiazole rings is 1. The van der Waals surface area contributed by atoms with Crippen LogP contribution in [0.2, 0.25) is 0 Å². The van der Waals surface area contributed by atoms with Crippen molar-refractivity contribution in [2.75, 3.05) is 20.3 Å². The molecule has 2 atom stereocenters. The van der Waals surface area contributed by atoms with Crippen molar-refractivity contribution in [3.8, 4) is 11.5 Å². The standard InChI is InChI=1S/C30H30N4O4S/c1-37-27-9-5-2-6-19(27)10-13-29(36)33-16-23(30(31)22-15-32-24-8-4-3-7-21(22)24)26(35)17-38-20-11-12-25-28(14-20)39-18-34-25/h2-9,11-12,14-15,18,23,30,32H,10,13,16-17,31H2,1H3,(H,33,36). The maximum atomic E-state index is 13.5. The number of hydrogen-bond donors (Lipinski definition) is 3. The molecule has 0 spiro atoms. The minimum absolute atomic E-state index is 0.0987. The van der Waals surface area contributed by atoms with Crippen LogP contribution >= 0.6 is 11.3 Å². The van der Waals surface area contributed by atoms with Crippen LogP contribution in [0.1, 0.15) is 23.6 Å². The lowest BCUT2D eigenvalue weighted by molar-refractivity contribution is -0.126. The quantitative estimate of drug-likeness (QED) is 0.208. The van der Waals surface area contributed by atoms with Crippen LogP contribution < -0.4 is 20.5 Å². The minimum Gasteiger partial charge on any atom is -0.496 e. The molecule has 0 saturated heterocycles. The van der Waals surface area contributed by atoms with Gasteiger partial charge in [-0.3, -0.25) is 9.59 Å². The van der Waals surface area contributed by atoms with Crippen molar-refractivity contribution in [1.82, 2.24) is 15.3 Å². The van der Waals surface area contributed by atoms with Gasteiger partial charge >= 0.3 is 0 Å². The van der Waals surface area contributed by atoms with Crippen molar-refractivity contribution in [1.29, 1.82) is 0 Å². The Hall–Kier alpha value is -4.21. The van der Waals surface area contributed by atoms with Gasteiger partial charge in [-0.25, -0.2) is 4.98 Å². The van der Waals surface area contributed by atoms with E-state index in [1.165, 1.54) is 11.3 Å². The molecule has 0 saturated carbocycles. The van der Waals surface area contributed by atoms with Gasteiger partial charge in [-0.05, 0) is 47.9 Å². The average Bonchev–Trinajstić information content (AvgIpc) is 3.62. The molecule has 0 fully saturated rings. The first-order valence-electron chi connectivity index (χ1n) is 12.7. The average molecular weight is 543 g/mol. The lowest BCUT2D eigenvalue weighted by Gasteiger charge is -2.23. The normalized spacial score (nSPS) is 12.8. The number of amides is 1. The fourth-order valence-corrected chi connectivity index (χ4v) is 5.39. The molecule has 5 aromatic rings. The van der Waals surface area contributed by atoms with Gasteiger partial charge in [0, 0.05) is 36.1 Å². The summed E-state index contributed by atoms with van der Waals surface area (Å²) in [6, 6.07) is 20.3. The van der Waals surface area contributed by atoms with Gasteiger partial charge in [0.1, 0.15) is 18.1 Å².